The minimum absolute atomic E-state index is 0.547. The third-order valence-electron chi connectivity index (χ3n) is 3.71. The van der Waals surface area contributed by atoms with E-state index >= 15 is 0 Å². The largest absolute Gasteiger partial charge is 0.437 e. The van der Waals surface area contributed by atoms with Crippen molar-refractivity contribution in [2.75, 3.05) is 0 Å². The molecule has 0 fully saturated rings. The molecule has 0 atom stereocenters. The quantitative estimate of drug-likeness (QED) is 0.503. The van der Waals surface area contributed by atoms with Crippen molar-refractivity contribution < 1.29 is 13.4 Å². The molecular formula is C16H14N3O2+. The highest BCUT2D eigenvalue weighted by atomic mass is 16.4. The Hall–Kier alpha value is -2.69. The zero-order chi connectivity index (χ0) is 14.6. The summed E-state index contributed by atoms with van der Waals surface area (Å²) < 4.78 is 13.6. The molecule has 0 saturated carbocycles. The molecule has 104 valence electrons. The van der Waals surface area contributed by atoms with Gasteiger partial charge in [-0.15, -0.1) is 0 Å². The van der Waals surface area contributed by atoms with Gasteiger partial charge in [0.25, 0.3) is 12.0 Å². The fourth-order valence-electron chi connectivity index (χ4n) is 2.72. The van der Waals surface area contributed by atoms with Crippen LogP contribution in [0, 0.1) is 13.8 Å². The highest BCUT2D eigenvalue weighted by Gasteiger charge is 2.21. The molecule has 0 unspecified atom stereocenters. The van der Waals surface area contributed by atoms with Gasteiger partial charge in [0.15, 0.2) is 11.5 Å². The van der Waals surface area contributed by atoms with Crippen LogP contribution in [0.3, 0.4) is 0 Å². The number of hydrogen-bond donors (Lipinski definition) is 0. The van der Waals surface area contributed by atoms with Gasteiger partial charge >= 0.3 is 0 Å². The number of fused-ring (bicyclic) bond motifs is 3. The van der Waals surface area contributed by atoms with Gasteiger partial charge in [-0.05, 0) is 18.6 Å². The molecule has 0 radical (unpaired) electrons. The summed E-state index contributed by atoms with van der Waals surface area (Å²) in [7, 11) is 1.97. The van der Waals surface area contributed by atoms with Crippen LogP contribution in [0.5, 0.6) is 0 Å². The molecule has 5 nitrogen and oxygen atoms in total. The minimum atomic E-state index is 0.547. The fraction of sp³-hybridized carbons (Fsp3) is 0.188. The van der Waals surface area contributed by atoms with Crippen LogP contribution < -0.4 is 4.57 Å². The van der Waals surface area contributed by atoms with Crippen molar-refractivity contribution in [2.24, 2.45) is 7.05 Å². The first kappa shape index (κ1) is 12.1. The van der Waals surface area contributed by atoms with Crippen molar-refractivity contribution in [3.8, 4) is 11.3 Å². The third kappa shape index (κ3) is 1.67. The average Bonchev–Trinajstić information content (AvgIpc) is 2.96. The van der Waals surface area contributed by atoms with E-state index in [0.29, 0.717) is 17.2 Å². The summed E-state index contributed by atoms with van der Waals surface area (Å²) in [4.78, 5) is 8.41. The molecule has 4 rings (SSSR count). The van der Waals surface area contributed by atoms with E-state index in [9.17, 15) is 0 Å². The van der Waals surface area contributed by atoms with Gasteiger partial charge in [-0.3, -0.25) is 0 Å². The maximum absolute atomic E-state index is 5.96. The van der Waals surface area contributed by atoms with E-state index in [2.05, 4.69) is 23.0 Å². The van der Waals surface area contributed by atoms with Gasteiger partial charge in [0.2, 0.25) is 5.58 Å². The molecule has 0 amide bonds. The Balaban J connectivity index is 2.15. The minimum Gasteiger partial charge on any atom is -0.437 e. The molecule has 0 aliphatic heterocycles. The third-order valence-corrected chi connectivity index (χ3v) is 3.71. The smallest absolute Gasteiger partial charge is 0.286 e. The molecule has 21 heavy (non-hydrogen) atoms. The standard InChI is InChI=1S/C16H14N3O2/c1-9-4-5-11-14(21-16-15(11)20-10(2)18-16)13(9)12-6-7-17-8-19(12)3/h4-8H,1-3H3/q+1. The van der Waals surface area contributed by atoms with Crippen LogP contribution in [0.1, 0.15) is 11.5 Å². The lowest BCUT2D eigenvalue weighted by Crippen LogP contribution is -2.31. The Morgan fingerprint density at radius 1 is 1.05 bits per heavy atom. The van der Waals surface area contributed by atoms with Crippen molar-refractivity contribution in [3.63, 3.8) is 0 Å². The summed E-state index contributed by atoms with van der Waals surface area (Å²) >= 11 is 0. The summed E-state index contributed by atoms with van der Waals surface area (Å²) in [6.45, 7) is 3.89. The van der Waals surface area contributed by atoms with Crippen LogP contribution in [-0.4, -0.2) is 9.97 Å². The molecule has 0 saturated heterocycles. The lowest BCUT2D eigenvalue weighted by atomic mass is 10.0. The first-order chi connectivity index (χ1) is 10.1. The second kappa shape index (κ2) is 4.15. The van der Waals surface area contributed by atoms with Gasteiger partial charge in [-0.2, -0.15) is 4.98 Å². The van der Waals surface area contributed by atoms with Crippen LogP contribution in [0.4, 0.5) is 0 Å². The molecule has 0 aliphatic carbocycles. The molecule has 0 N–H and O–H groups in total. The van der Waals surface area contributed by atoms with Crippen LogP contribution >= 0.6 is 0 Å². The van der Waals surface area contributed by atoms with E-state index in [1.54, 1.807) is 12.5 Å². The number of hydrogen-bond acceptors (Lipinski definition) is 4. The number of furan rings is 1. The first-order valence-electron chi connectivity index (χ1n) is 6.74. The Bertz CT molecular complexity index is 982. The fourth-order valence-corrected chi connectivity index (χ4v) is 2.72. The van der Waals surface area contributed by atoms with Crippen molar-refractivity contribution >= 4 is 22.3 Å². The monoisotopic (exact) mass is 280 g/mol. The van der Waals surface area contributed by atoms with Gasteiger partial charge in [0, 0.05) is 13.0 Å². The molecule has 1 aromatic carbocycles. The summed E-state index contributed by atoms with van der Waals surface area (Å²) in [6.07, 6.45) is 3.56. The van der Waals surface area contributed by atoms with Crippen molar-refractivity contribution in [1.82, 2.24) is 9.97 Å². The van der Waals surface area contributed by atoms with E-state index in [4.69, 9.17) is 8.83 Å². The number of benzene rings is 1. The molecule has 5 heteroatoms. The Morgan fingerprint density at radius 3 is 2.71 bits per heavy atom. The zero-order valence-corrected chi connectivity index (χ0v) is 12.0. The number of aryl methyl sites for hydroxylation is 3. The van der Waals surface area contributed by atoms with Crippen LogP contribution in [-0.2, 0) is 7.05 Å². The van der Waals surface area contributed by atoms with E-state index in [1.807, 2.05) is 30.7 Å². The van der Waals surface area contributed by atoms with E-state index < -0.39 is 0 Å². The maximum Gasteiger partial charge on any atom is 0.286 e. The predicted molar refractivity (Wildman–Crippen MR) is 77.7 cm³/mol. The normalized spacial score (nSPS) is 11.6. The zero-order valence-electron chi connectivity index (χ0n) is 12.0. The van der Waals surface area contributed by atoms with Crippen molar-refractivity contribution in [1.29, 1.82) is 0 Å². The Kier molecular flexibility index (Phi) is 2.39. The predicted octanol–water partition coefficient (Wildman–Crippen LogP) is 3.08. The molecule has 3 aromatic heterocycles. The summed E-state index contributed by atoms with van der Waals surface area (Å²) in [6, 6.07) is 6.07. The van der Waals surface area contributed by atoms with E-state index in [1.165, 1.54) is 0 Å². The van der Waals surface area contributed by atoms with Gasteiger partial charge in [-0.25, -0.2) is 4.57 Å². The van der Waals surface area contributed by atoms with Gasteiger partial charge in [-0.1, -0.05) is 11.1 Å². The highest BCUT2D eigenvalue weighted by molar-refractivity contribution is 6.06. The highest BCUT2D eigenvalue weighted by Crippen LogP contribution is 2.36. The first-order valence-corrected chi connectivity index (χ1v) is 6.74. The average molecular weight is 280 g/mol. The van der Waals surface area contributed by atoms with Crippen LogP contribution in [0.15, 0.2) is 39.6 Å². The lowest BCUT2D eigenvalue weighted by Gasteiger charge is -2.06. The van der Waals surface area contributed by atoms with Crippen molar-refractivity contribution in [2.45, 2.75) is 13.8 Å². The SMILES string of the molecule is Cc1nc2oc3c(-c4ccnc[n+]4C)c(C)ccc3c2o1. The molecule has 0 bridgehead atoms. The number of rotatable bonds is 1. The van der Waals surface area contributed by atoms with E-state index in [-0.39, 0.29) is 0 Å². The Morgan fingerprint density at radius 2 is 1.90 bits per heavy atom. The van der Waals surface area contributed by atoms with Gasteiger partial charge in [0.1, 0.15) is 11.9 Å². The van der Waals surface area contributed by atoms with Gasteiger partial charge < -0.3 is 8.83 Å². The lowest BCUT2D eigenvalue weighted by molar-refractivity contribution is -0.663. The second-order valence-electron chi connectivity index (χ2n) is 5.18. The molecule has 3 heterocycles. The molecule has 0 aliphatic rings. The Labute approximate surface area is 120 Å². The molecule has 4 aromatic rings. The number of aromatic nitrogens is 3. The van der Waals surface area contributed by atoms with Gasteiger partial charge in [0.05, 0.1) is 18.0 Å². The topological polar surface area (TPSA) is 55.9 Å². The number of oxazole rings is 1. The molecule has 0 spiro atoms. The van der Waals surface area contributed by atoms with Crippen molar-refractivity contribution in [3.05, 3.63) is 42.2 Å². The summed E-state index contributed by atoms with van der Waals surface area (Å²) in [5.41, 5.74) is 5.28. The summed E-state index contributed by atoms with van der Waals surface area (Å²) in [5.74, 6) is 0.613. The van der Waals surface area contributed by atoms with Crippen LogP contribution in [0.25, 0.3) is 33.5 Å². The summed E-state index contributed by atoms with van der Waals surface area (Å²) in [5, 5.41) is 0.947. The maximum atomic E-state index is 5.96. The van der Waals surface area contributed by atoms with Crippen LogP contribution in [0.2, 0.25) is 0 Å². The second-order valence-corrected chi connectivity index (χ2v) is 5.18. The molecular weight excluding hydrogens is 266 g/mol. The number of nitrogens with zero attached hydrogens (tertiary/aromatic N) is 3. The van der Waals surface area contributed by atoms with E-state index in [0.717, 1.165) is 27.8 Å².